The van der Waals surface area contributed by atoms with Crippen LogP contribution < -0.4 is 9.47 Å². The maximum absolute atomic E-state index is 10.9. The van der Waals surface area contributed by atoms with Crippen LogP contribution in [-0.4, -0.2) is 19.3 Å². The van der Waals surface area contributed by atoms with Crippen molar-refractivity contribution in [3.63, 3.8) is 0 Å². The molecule has 112 valence electrons. The highest BCUT2D eigenvalue weighted by molar-refractivity contribution is 9.10. The van der Waals surface area contributed by atoms with Crippen molar-refractivity contribution in [1.29, 1.82) is 0 Å². The van der Waals surface area contributed by atoms with E-state index in [4.69, 9.17) is 9.47 Å². The first kappa shape index (κ1) is 15.6. The van der Waals surface area contributed by atoms with Crippen LogP contribution in [0.1, 0.15) is 50.7 Å². The van der Waals surface area contributed by atoms with E-state index in [0.29, 0.717) is 5.75 Å². The highest BCUT2D eigenvalue weighted by atomic mass is 79.9. The van der Waals surface area contributed by atoms with Crippen molar-refractivity contribution in [2.45, 2.75) is 45.1 Å². The van der Waals surface area contributed by atoms with Crippen LogP contribution in [0.3, 0.4) is 0 Å². The minimum atomic E-state index is -0.493. The van der Waals surface area contributed by atoms with Crippen molar-refractivity contribution >= 4 is 15.9 Å². The molecule has 0 aliphatic heterocycles. The zero-order valence-corrected chi connectivity index (χ0v) is 14.0. The van der Waals surface area contributed by atoms with Gasteiger partial charge in [0, 0.05) is 11.0 Å². The van der Waals surface area contributed by atoms with E-state index in [9.17, 15) is 5.11 Å². The standard InChI is InChI=1S/C16H23BrO3/c1-4-16(9-5-6-10-16)15(18)11-7-8-12(19-2)13(17)14(11)20-3/h7-8,15,18H,4-6,9-10H2,1-3H3. The van der Waals surface area contributed by atoms with Gasteiger partial charge < -0.3 is 14.6 Å². The van der Waals surface area contributed by atoms with Crippen LogP contribution >= 0.6 is 15.9 Å². The molecule has 4 heteroatoms. The lowest BCUT2D eigenvalue weighted by molar-refractivity contribution is 0.0219. The minimum absolute atomic E-state index is 0.0126. The van der Waals surface area contributed by atoms with E-state index < -0.39 is 6.10 Å². The molecule has 1 aromatic carbocycles. The Morgan fingerprint density at radius 3 is 2.40 bits per heavy atom. The smallest absolute Gasteiger partial charge is 0.142 e. The van der Waals surface area contributed by atoms with Crippen LogP contribution in [0.25, 0.3) is 0 Å². The predicted octanol–water partition coefficient (Wildman–Crippen LogP) is 4.47. The van der Waals surface area contributed by atoms with Crippen LogP contribution in [0.15, 0.2) is 16.6 Å². The molecule has 1 aromatic rings. The second-order valence-electron chi connectivity index (χ2n) is 5.53. The first-order valence-corrected chi connectivity index (χ1v) is 7.97. The summed E-state index contributed by atoms with van der Waals surface area (Å²) in [4.78, 5) is 0. The molecule has 20 heavy (non-hydrogen) atoms. The number of halogens is 1. The summed E-state index contributed by atoms with van der Waals surface area (Å²) in [6, 6.07) is 3.80. The number of aliphatic hydroxyl groups excluding tert-OH is 1. The molecule has 0 spiro atoms. The van der Waals surface area contributed by atoms with E-state index in [1.54, 1.807) is 14.2 Å². The highest BCUT2D eigenvalue weighted by Crippen LogP contribution is 2.53. The van der Waals surface area contributed by atoms with E-state index >= 15 is 0 Å². The van der Waals surface area contributed by atoms with Crippen molar-refractivity contribution in [1.82, 2.24) is 0 Å². The van der Waals surface area contributed by atoms with Gasteiger partial charge in [0.25, 0.3) is 0 Å². The van der Waals surface area contributed by atoms with E-state index in [1.807, 2.05) is 12.1 Å². The molecule has 1 atom stereocenters. The fraction of sp³-hybridized carbons (Fsp3) is 0.625. The number of hydrogen-bond acceptors (Lipinski definition) is 3. The Labute approximate surface area is 129 Å². The Morgan fingerprint density at radius 1 is 1.25 bits per heavy atom. The molecular weight excluding hydrogens is 320 g/mol. The molecule has 1 aliphatic carbocycles. The summed E-state index contributed by atoms with van der Waals surface area (Å²) in [6.07, 6.45) is 5.05. The van der Waals surface area contributed by atoms with Gasteiger partial charge in [0.1, 0.15) is 16.0 Å². The van der Waals surface area contributed by atoms with E-state index in [-0.39, 0.29) is 5.41 Å². The number of aliphatic hydroxyl groups is 1. The van der Waals surface area contributed by atoms with Gasteiger partial charge in [-0.05, 0) is 47.3 Å². The monoisotopic (exact) mass is 342 g/mol. The molecule has 1 N–H and O–H groups in total. The molecule has 1 unspecified atom stereocenters. The van der Waals surface area contributed by atoms with E-state index in [2.05, 4.69) is 22.9 Å². The number of hydrogen-bond donors (Lipinski definition) is 1. The van der Waals surface area contributed by atoms with Crippen LogP contribution in [0.4, 0.5) is 0 Å². The predicted molar refractivity (Wildman–Crippen MR) is 83.4 cm³/mol. The van der Waals surface area contributed by atoms with E-state index in [0.717, 1.165) is 35.0 Å². The fourth-order valence-electron chi connectivity index (χ4n) is 3.36. The second-order valence-corrected chi connectivity index (χ2v) is 6.32. The summed E-state index contributed by atoms with van der Waals surface area (Å²) in [6.45, 7) is 2.17. The van der Waals surface area contributed by atoms with Gasteiger partial charge in [-0.15, -0.1) is 0 Å². The molecule has 1 fully saturated rings. The Kier molecular flexibility index (Phi) is 4.97. The number of ether oxygens (including phenoxy) is 2. The Balaban J connectivity index is 2.44. The topological polar surface area (TPSA) is 38.7 Å². The van der Waals surface area contributed by atoms with Gasteiger partial charge in [-0.25, -0.2) is 0 Å². The first-order chi connectivity index (χ1) is 9.59. The van der Waals surface area contributed by atoms with Crippen molar-refractivity contribution in [2.24, 2.45) is 5.41 Å². The van der Waals surface area contributed by atoms with Crippen molar-refractivity contribution in [3.05, 3.63) is 22.2 Å². The zero-order chi connectivity index (χ0) is 14.8. The average molecular weight is 343 g/mol. The van der Waals surface area contributed by atoms with Gasteiger partial charge in [0.05, 0.1) is 20.3 Å². The van der Waals surface area contributed by atoms with Gasteiger partial charge in [0.15, 0.2) is 0 Å². The largest absolute Gasteiger partial charge is 0.495 e. The third kappa shape index (κ3) is 2.56. The Hall–Kier alpha value is -0.740. The molecule has 2 rings (SSSR count). The number of benzene rings is 1. The third-order valence-electron chi connectivity index (χ3n) is 4.69. The Bertz CT molecular complexity index is 467. The van der Waals surface area contributed by atoms with Gasteiger partial charge in [-0.3, -0.25) is 0 Å². The molecule has 0 radical (unpaired) electrons. The second kappa shape index (κ2) is 6.35. The van der Waals surface area contributed by atoms with Crippen molar-refractivity contribution in [3.8, 4) is 11.5 Å². The van der Waals surface area contributed by atoms with Crippen LogP contribution in [0, 0.1) is 5.41 Å². The SMILES string of the molecule is CCC1(C(O)c2ccc(OC)c(Br)c2OC)CCCC1. The quantitative estimate of drug-likeness (QED) is 0.857. The normalized spacial score (nSPS) is 18.9. The third-order valence-corrected chi connectivity index (χ3v) is 5.45. The summed E-state index contributed by atoms with van der Waals surface area (Å²) >= 11 is 3.51. The molecule has 3 nitrogen and oxygen atoms in total. The highest BCUT2D eigenvalue weighted by Gasteiger charge is 2.41. The van der Waals surface area contributed by atoms with E-state index in [1.165, 1.54) is 12.8 Å². The molecule has 0 bridgehead atoms. The van der Waals surface area contributed by atoms with Gasteiger partial charge in [-0.2, -0.15) is 0 Å². The number of rotatable bonds is 5. The van der Waals surface area contributed by atoms with Gasteiger partial charge in [-0.1, -0.05) is 19.8 Å². The van der Waals surface area contributed by atoms with Crippen molar-refractivity contribution in [2.75, 3.05) is 14.2 Å². The van der Waals surface area contributed by atoms with Crippen LogP contribution in [-0.2, 0) is 0 Å². The molecule has 0 saturated heterocycles. The van der Waals surface area contributed by atoms with Crippen LogP contribution in [0.2, 0.25) is 0 Å². The van der Waals surface area contributed by atoms with Crippen LogP contribution in [0.5, 0.6) is 11.5 Å². The lowest BCUT2D eigenvalue weighted by Crippen LogP contribution is -2.25. The summed E-state index contributed by atoms with van der Waals surface area (Å²) in [5.74, 6) is 1.39. The zero-order valence-electron chi connectivity index (χ0n) is 12.4. The summed E-state index contributed by atoms with van der Waals surface area (Å²) in [5, 5.41) is 10.9. The first-order valence-electron chi connectivity index (χ1n) is 7.18. The Morgan fingerprint density at radius 2 is 1.90 bits per heavy atom. The maximum atomic E-state index is 10.9. The van der Waals surface area contributed by atoms with Gasteiger partial charge >= 0.3 is 0 Å². The molecular formula is C16H23BrO3. The maximum Gasteiger partial charge on any atom is 0.142 e. The lowest BCUT2D eigenvalue weighted by atomic mass is 9.75. The molecule has 1 aliphatic rings. The summed E-state index contributed by atoms with van der Waals surface area (Å²) < 4.78 is 11.6. The summed E-state index contributed by atoms with van der Waals surface area (Å²) in [5.41, 5.74) is 0.838. The number of methoxy groups -OCH3 is 2. The fourth-order valence-corrected chi connectivity index (χ4v) is 4.05. The molecule has 1 saturated carbocycles. The molecule has 0 amide bonds. The minimum Gasteiger partial charge on any atom is -0.495 e. The molecule has 0 aromatic heterocycles. The van der Waals surface area contributed by atoms with Gasteiger partial charge in [0.2, 0.25) is 0 Å². The lowest BCUT2D eigenvalue weighted by Gasteiger charge is -2.34. The summed E-state index contributed by atoms with van der Waals surface area (Å²) in [7, 11) is 3.25. The average Bonchev–Trinajstić information content (AvgIpc) is 2.96. The molecule has 0 heterocycles. The van der Waals surface area contributed by atoms with Crippen molar-refractivity contribution < 1.29 is 14.6 Å².